The Kier molecular flexibility index (Phi) is 5.22. The first-order chi connectivity index (χ1) is 8.14. The first-order valence-corrected chi connectivity index (χ1v) is 7.20. The summed E-state index contributed by atoms with van der Waals surface area (Å²) in [5.74, 6) is -0.0195. The SMILES string of the molecule is CC(CC(N)c1ccc(Br)c(Cl)c1F)C(C)(C)C. The van der Waals surface area contributed by atoms with Gasteiger partial charge < -0.3 is 5.73 Å². The molecule has 0 aliphatic carbocycles. The second-order valence-electron chi connectivity index (χ2n) is 5.87. The van der Waals surface area contributed by atoms with Gasteiger partial charge in [0.25, 0.3) is 0 Å². The molecular weight excluding hydrogens is 317 g/mol. The summed E-state index contributed by atoms with van der Waals surface area (Å²) < 4.78 is 14.6. The van der Waals surface area contributed by atoms with E-state index in [1.165, 1.54) is 0 Å². The third kappa shape index (κ3) is 3.69. The Morgan fingerprint density at radius 3 is 2.44 bits per heavy atom. The number of benzene rings is 1. The number of nitrogens with two attached hydrogens (primary N) is 1. The fourth-order valence-corrected chi connectivity index (χ4v) is 2.17. The molecule has 0 heterocycles. The minimum absolute atomic E-state index is 0.103. The first kappa shape index (κ1) is 15.9. The average molecular weight is 337 g/mol. The molecule has 0 aliphatic heterocycles. The maximum atomic E-state index is 14.0. The summed E-state index contributed by atoms with van der Waals surface area (Å²) in [6.45, 7) is 8.62. The third-order valence-corrected chi connectivity index (χ3v) is 4.81. The van der Waals surface area contributed by atoms with Crippen molar-refractivity contribution in [3.63, 3.8) is 0 Å². The van der Waals surface area contributed by atoms with E-state index < -0.39 is 5.82 Å². The van der Waals surface area contributed by atoms with Crippen LogP contribution >= 0.6 is 27.5 Å². The van der Waals surface area contributed by atoms with Crippen molar-refractivity contribution in [2.75, 3.05) is 0 Å². The van der Waals surface area contributed by atoms with Crippen molar-refractivity contribution in [2.24, 2.45) is 17.1 Å². The minimum Gasteiger partial charge on any atom is -0.324 e. The molecule has 1 rings (SSSR count). The number of rotatable bonds is 3. The minimum atomic E-state index is -0.417. The van der Waals surface area contributed by atoms with Gasteiger partial charge in [-0.3, -0.25) is 0 Å². The van der Waals surface area contributed by atoms with Gasteiger partial charge in [-0.1, -0.05) is 45.4 Å². The van der Waals surface area contributed by atoms with Crippen molar-refractivity contribution in [3.8, 4) is 0 Å². The lowest BCUT2D eigenvalue weighted by Gasteiger charge is -2.29. The fraction of sp³-hybridized carbons (Fsp3) is 0.571. The van der Waals surface area contributed by atoms with Crippen LogP contribution in [-0.2, 0) is 0 Å². The monoisotopic (exact) mass is 335 g/mol. The fourth-order valence-electron chi connectivity index (χ4n) is 1.69. The lowest BCUT2D eigenvalue weighted by atomic mass is 9.78. The summed E-state index contributed by atoms with van der Waals surface area (Å²) in [6.07, 6.45) is 0.735. The summed E-state index contributed by atoms with van der Waals surface area (Å²) in [6, 6.07) is 3.11. The highest BCUT2D eigenvalue weighted by Crippen LogP contribution is 2.35. The molecule has 18 heavy (non-hydrogen) atoms. The maximum absolute atomic E-state index is 14.0. The van der Waals surface area contributed by atoms with Crippen molar-refractivity contribution >= 4 is 27.5 Å². The van der Waals surface area contributed by atoms with Crippen LogP contribution in [0.15, 0.2) is 16.6 Å². The molecular formula is C14H20BrClFN. The van der Waals surface area contributed by atoms with Crippen LogP contribution in [0.2, 0.25) is 5.02 Å². The Morgan fingerprint density at radius 2 is 1.94 bits per heavy atom. The molecule has 2 atom stereocenters. The molecule has 0 spiro atoms. The third-order valence-electron chi connectivity index (χ3n) is 3.55. The zero-order valence-electron chi connectivity index (χ0n) is 11.2. The van der Waals surface area contributed by atoms with Crippen LogP contribution in [0.25, 0.3) is 0 Å². The second kappa shape index (κ2) is 5.89. The smallest absolute Gasteiger partial charge is 0.147 e. The van der Waals surface area contributed by atoms with Crippen LogP contribution in [0.4, 0.5) is 4.39 Å². The van der Waals surface area contributed by atoms with Gasteiger partial charge >= 0.3 is 0 Å². The quantitative estimate of drug-likeness (QED) is 0.743. The number of hydrogen-bond donors (Lipinski definition) is 1. The lowest BCUT2D eigenvalue weighted by Crippen LogP contribution is -2.23. The summed E-state index contributed by atoms with van der Waals surface area (Å²) in [5.41, 5.74) is 6.74. The van der Waals surface area contributed by atoms with Gasteiger partial charge in [-0.15, -0.1) is 0 Å². The highest BCUT2D eigenvalue weighted by molar-refractivity contribution is 9.10. The highest BCUT2D eigenvalue weighted by atomic mass is 79.9. The Morgan fingerprint density at radius 1 is 1.39 bits per heavy atom. The zero-order chi connectivity index (χ0) is 14.1. The average Bonchev–Trinajstić information content (AvgIpc) is 2.24. The molecule has 0 saturated carbocycles. The van der Waals surface area contributed by atoms with Crippen LogP contribution in [0.1, 0.15) is 45.7 Å². The topological polar surface area (TPSA) is 26.0 Å². The highest BCUT2D eigenvalue weighted by Gasteiger charge is 2.24. The molecule has 102 valence electrons. The van der Waals surface area contributed by atoms with Crippen molar-refractivity contribution in [3.05, 3.63) is 33.0 Å². The van der Waals surface area contributed by atoms with Crippen molar-refractivity contribution < 1.29 is 4.39 Å². The van der Waals surface area contributed by atoms with Gasteiger partial charge in [-0.25, -0.2) is 4.39 Å². The molecule has 0 aromatic heterocycles. The van der Waals surface area contributed by atoms with Gasteiger partial charge in [0.2, 0.25) is 0 Å². The van der Waals surface area contributed by atoms with Gasteiger partial charge in [0.15, 0.2) is 0 Å². The van der Waals surface area contributed by atoms with Gasteiger partial charge in [-0.05, 0) is 39.8 Å². The molecule has 0 radical (unpaired) electrons. The maximum Gasteiger partial charge on any atom is 0.147 e. The Labute approximate surface area is 122 Å². The summed E-state index contributed by atoms with van der Waals surface area (Å²) in [4.78, 5) is 0. The molecule has 1 aromatic carbocycles. The molecule has 0 aliphatic rings. The lowest BCUT2D eigenvalue weighted by molar-refractivity contribution is 0.233. The number of halogens is 3. The summed E-state index contributed by atoms with van der Waals surface area (Å²) >= 11 is 9.08. The summed E-state index contributed by atoms with van der Waals surface area (Å²) in [7, 11) is 0. The molecule has 2 N–H and O–H groups in total. The largest absolute Gasteiger partial charge is 0.324 e. The predicted molar refractivity (Wildman–Crippen MR) is 79.3 cm³/mol. The van der Waals surface area contributed by atoms with Crippen molar-refractivity contribution in [1.82, 2.24) is 0 Å². The van der Waals surface area contributed by atoms with Crippen LogP contribution in [0.3, 0.4) is 0 Å². The number of hydrogen-bond acceptors (Lipinski definition) is 1. The van der Waals surface area contributed by atoms with Gasteiger partial charge in [0.1, 0.15) is 5.82 Å². The molecule has 0 bridgehead atoms. The Bertz CT molecular complexity index is 429. The van der Waals surface area contributed by atoms with E-state index >= 15 is 0 Å². The normalized spacial score (nSPS) is 15.6. The van der Waals surface area contributed by atoms with E-state index in [1.807, 2.05) is 0 Å². The molecule has 2 unspecified atom stereocenters. The second-order valence-corrected chi connectivity index (χ2v) is 7.11. The van der Waals surface area contributed by atoms with E-state index in [9.17, 15) is 4.39 Å². The molecule has 0 saturated heterocycles. The van der Waals surface area contributed by atoms with E-state index in [0.29, 0.717) is 16.0 Å². The molecule has 0 fully saturated rings. The molecule has 1 nitrogen and oxygen atoms in total. The standard InChI is InChI=1S/C14H20BrClFN/c1-8(14(2,3)4)7-11(18)9-5-6-10(15)12(16)13(9)17/h5-6,8,11H,7,18H2,1-4H3. The van der Waals surface area contributed by atoms with Crippen molar-refractivity contribution in [2.45, 2.75) is 40.2 Å². The van der Waals surface area contributed by atoms with E-state index in [1.54, 1.807) is 12.1 Å². The zero-order valence-corrected chi connectivity index (χ0v) is 13.6. The predicted octanol–water partition coefficient (Wildman–Crippen LogP) is 5.31. The van der Waals surface area contributed by atoms with E-state index in [-0.39, 0.29) is 16.5 Å². The van der Waals surface area contributed by atoms with Crippen LogP contribution in [-0.4, -0.2) is 0 Å². The molecule has 0 amide bonds. The first-order valence-electron chi connectivity index (χ1n) is 6.03. The van der Waals surface area contributed by atoms with E-state index in [2.05, 4.69) is 43.6 Å². The molecule has 4 heteroatoms. The van der Waals surface area contributed by atoms with E-state index in [4.69, 9.17) is 17.3 Å². The van der Waals surface area contributed by atoms with Crippen LogP contribution in [0, 0.1) is 17.2 Å². The summed E-state index contributed by atoms with van der Waals surface area (Å²) in [5, 5.41) is 0.103. The van der Waals surface area contributed by atoms with Gasteiger partial charge in [0.05, 0.1) is 5.02 Å². The van der Waals surface area contributed by atoms with Gasteiger partial charge in [0, 0.05) is 16.1 Å². The van der Waals surface area contributed by atoms with Crippen LogP contribution in [0.5, 0.6) is 0 Å². The Hall–Kier alpha value is -0.120. The van der Waals surface area contributed by atoms with Crippen LogP contribution < -0.4 is 5.73 Å². The van der Waals surface area contributed by atoms with E-state index in [0.717, 1.165) is 6.42 Å². The van der Waals surface area contributed by atoms with Gasteiger partial charge in [-0.2, -0.15) is 0 Å². The van der Waals surface area contributed by atoms with Crippen molar-refractivity contribution in [1.29, 1.82) is 0 Å². The Balaban J connectivity index is 2.92. The molecule has 1 aromatic rings.